The molecule has 0 aromatic carbocycles. The van der Waals surface area contributed by atoms with Gasteiger partial charge >= 0.3 is 23.9 Å². The third kappa shape index (κ3) is 40.3. The normalized spacial score (nSPS) is 19.0. The first-order valence-electron chi connectivity index (χ1n) is 28.9. The van der Waals surface area contributed by atoms with Crippen LogP contribution in [0.4, 0.5) is 0 Å². The van der Waals surface area contributed by atoms with Crippen molar-refractivity contribution in [3.05, 3.63) is 109 Å². The number of aliphatic hydroxyl groups is 2. The van der Waals surface area contributed by atoms with Crippen molar-refractivity contribution < 1.29 is 58.2 Å². The first kappa shape index (κ1) is 68.4. The molecule has 0 amide bonds. The SMILES string of the molecule is CC/C=C\C/C=C\C/C=C\C/C=C\C/C=C\CC(=O)OCC(COC1OC(C(=O)O)C(O)C(O)C1OC(=O)CCCCCCC/C=C\C/C=C\C/C=C\CC)OC(=O)CCCCCCC/C=C\CCCCCCCC. The molecular formula is C63H100O12. The number of unbranched alkanes of at least 4 members (excludes halogenated alkanes) is 16. The van der Waals surface area contributed by atoms with Crippen LogP contribution in [0.3, 0.4) is 0 Å². The second kappa shape index (κ2) is 50.2. The lowest BCUT2D eigenvalue weighted by Gasteiger charge is -2.40. The maximum Gasteiger partial charge on any atom is 0.335 e. The van der Waals surface area contributed by atoms with Gasteiger partial charge in [-0.2, -0.15) is 0 Å². The predicted molar refractivity (Wildman–Crippen MR) is 303 cm³/mol. The molecule has 0 spiro atoms. The number of carboxylic acid groups (broad SMARTS) is 1. The van der Waals surface area contributed by atoms with Gasteiger partial charge in [0, 0.05) is 12.8 Å². The molecule has 12 nitrogen and oxygen atoms in total. The largest absolute Gasteiger partial charge is 0.479 e. The van der Waals surface area contributed by atoms with E-state index in [-0.39, 0.29) is 25.9 Å². The number of hydrogen-bond acceptors (Lipinski definition) is 11. The molecule has 0 aromatic rings. The number of aliphatic hydroxyl groups excluding tert-OH is 2. The minimum absolute atomic E-state index is 0.0226. The minimum atomic E-state index is -1.93. The van der Waals surface area contributed by atoms with Crippen molar-refractivity contribution >= 4 is 23.9 Å². The van der Waals surface area contributed by atoms with Gasteiger partial charge in [-0.25, -0.2) is 4.79 Å². The summed E-state index contributed by atoms with van der Waals surface area (Å²) >= 11 is 0. The highest BCUT2D eigenvalue weighted by atomic mass is 16.7. The van der Waals surface area contributed by atoms with Crippen LogP contribution in [0.5, 0.6) is 0 Å². The summed E-state index contributed by atoms with van der Waals surface area (Å²) in [5.41, 5.74) is 0. The van der Waals surface area contributed by atoms with E-state index in [1.807, 2.05) is 12.2 Å². The summed E-state index contributed by atoms with van der Waals surface area (Å²) in [7, 11) is 0. The second-order valence-corrected chi connectivity index (χ2v) is 19.2. The monoisotopic (exact) mass is 1050 g/mol. The van der Waals surface area contributed by atoms with Gasteiger partial charge in [-0.15, -0.1) is 0 Å². The van der Waals surface area contributed by atoms with Crippen LogP contribution < -0.4 is 0 Å². The Kier molecular flexibility index (Phi) is 45.8. The number of carbonyl (C=O) groups is 4. The van der Waals surface area contributed by atoms with Crippen molar-refractivity contribution in [3.8, 4) is 0 Å². The molecule has 1 aliphatic rings. The smallest absolute Gasteiger partial charge is 0.335 e. The topological polar surface area (TPSA) is 175 Å². The van der Waals surface area contributed by atoms with Crippen molar-refractivity contribution in [2.24, 2.45) is 0 Å². The van der Waals surface area contributed by atoms with Crippen molar-refractivity contribution in [2.75, 3.05) is 13.2 Å². The quantitative estimate of drug-likeness (QED) is 0.0228. The van der Waals surface area contributed by atoms with E-state index in [0.717, 1.165) is 116 Å². The minimum Gasteiger partial charge on any atom is -0.479 e. The summed E-state index contributed by atoms with van der Waals surface area (Å²) in [5, 5.41) is 31.4. The molecule has 3 N–H and O–H groups in total. The number of rotatable bonds is 47. The summed E-state index contributed by atoms with van der Waals surface area (Å²) in [6, 6.07) is 0. The lowest BCUT2D eigenvalue weighted by atomic mass is 9.98. The summed E-state index contributed by atoms with van der Waals surface area (Å²) in [5.74, 6) is -3.33. The fourth-order valence-electron chi connectivity index (χ4n) is 7.98. The van der Waals surface area contributed by atoms with Crippen LogP contribution in [0.15, 0.2) is 109 Å². The van der Waals surface area contributed by atoms with E-state index in [1.165, 1.54) is 38.5 Å². The van der Waals surface area contributed by atoms with E-state index in [0.29, 0.717) is 19.3 Å². The van der Waals surface area contributed by atoms with E-state index >= 15 is 0 Å². The van der Waals surface area contributed by atoms with Gasteiger partial charge in [0.05, 0.1) is 13.0 Å². The van der Waals surface area contributed by atoms with Gasteiger partial charge in [0.15, 0.2) is 24.6 Å². The van der Waals surface area contributed by atoms with Crippen LogP contribution >= 0.6 is 0 Å². The number of esters is 3. The molecule has 6 unspecified atom stereocenters. The number of carboxylic acids is 1. The summed E-state index contributed by atoms with van der Waals surface area (Å²) in [6.45, 7) is 5.64. The lowest BCUT2D eigenvalue weighted by molar-refractivity contribution is -0.301. The van der Waals surface area contributed by atoms with Crippen molar-refractivity contribution in [1.29, 1.82) is 0 Å². The Hall–Kier alpha value is -4.62. The highest BCUT2D eigenvalue weighted by Gasteiger charge is 2.50. The zero-order valence-electron chi connectivity index (χ0n) is 46.5. The molecule has 6 atom stereocenters. The Labute approximate surface area is 453 Å². The summed E-state index contributed by atoms with van der Waals surface area (Å²) in [4.78, 5) is 51.0. The van der Waals surface area contributed by atoms with E-state index < -0.39 is 67.3 Å². The van der Waals surface area contributed by atoms with Crippen molar-refractivity contribution in [3.63, 3.8) is 0 Å². The van der Waals surface area contributed by atoms with Crippen LogP contribution in [0.2, 0.25) is 0 Å². The number of carbonyl (C=O) groups excluding carboxylic acids is 3. The summed E-state index contributed by atoms with van der Waals surface area (Å²) in [6.07, 6.45) is 55.1. The van der Waals surface area contributed by atoms with Gasteiger partial charge in [-0.3, -0.25) is 14.4 Å². The van der Waals surface area contributed by atoms with Gasteiger partial charge < -0.3 is 39.0 Å². The van der Waals surface area contributed by atoms with Gasteiger partial charge in [0.25, 0.3) is 0 Å². The van der Waals surface area contributed by atoms with E-state index in [9.17, 15) is 34.5 Å². The molecule has 1 rings (SSSR count). The Morgan fingerprint density at radius 1 is 0.467 bits per heavy atom. The maximum atomic E-state index is 13.1. The van der Waals surface area contributed by atoms with Gasteiger partial charge in [-0.05, 0) is 103 Å². The molecule has 1 aliphatic heterocycles. The third-order valence-electron chi connectivity index (χ3n) is 12.3. The van der Waals surface area contributed by atoms with Crippen LogP contribution in [0, 0.1) is 0 Å². The number of aliphatic carboxylic acids is 1. The summed E-state index contributed by atoms with van der Waals surface area (Å²) < 4.78 is 28.3. The zero-order valence-corrected chi connectivity index (χ0v) is 46.5. The highest BCUT2D eigenvalue weighted by molar-refractivity contribution is 5.74. The number of ether oxygens (including phenoxy) is 5. The fraction of sp³-hybridized carbons (Fsp3) is 0.651. The van der Waals surface area contributed by atoms with Crippen molar-refractivity contribution in [2.45, 2.75) is 250 Å². The Balaban J connectivity index is 2.78. The molecule has 0 bridgehead atoms. The molecule has 0 radical (unpaired) electrons. The Morgan fingerprint density at radius 3 is 1.36 bits per heavy atom. The zero-order chi connectivity index (χ0) is 54.7. The first-order valence-corrected chi connectivity index (χ1v) is 28.9. The predicted octanol–water partition coefficient (Wildman–Crippen LogP) is 14.7. The second-order valence-electron chi connectivity index (χ2n) is 19.2. The molecule has 1 heterocycles. The fourth-order valence-corrected chi connectivity index (χ4v) is 7.98. The van der Waals surface area contributed by atoms with E-state index in [4.69, 9.17) is 23.7 Å². The van der Waals surface area contributed by atoms with Crippen LogP contribution in [-0.2, 0) is 42.9 Å². The Bertz CT molecular complexity index is 1720. The standard InChI is InChI=1S/C63H100O12/c1-4-7-10-13-16-19-22-25-28-31-34-37-40-43-46-49-55(64)71-52-54(73-56(65)50-47-44-41-38-35-32-29-26-23-20-17-14-11-8-5-2)53-72-63-61(59(68)58(67)60(75-63)62(69)70)74-57(66)51-48-45-42-39-36-33-30-27-24-21-18-15-12-9-6-3/h7,9-10,12,16,18-19,21,25-30,34,37,43,46,54,58-61,63,67-68H,4-6,8,11,13-15,17,20,22-24,31-33,35-36,38-42,44-45,47-53H2,1-3H3,(H,69,70)/b10-7-,12-9-,19-16-,21-18-,28-25-,29-26-,30-27-,37-34-,46-43-. The van der Waals surface area contributed by atoms with Crippen LogP contribution in [0.1, 0.15) is 213 Å². The van der Waals surface area contributed by atoms with Crippen molar-refractivity contribution in [1.82, 2.24) is 0 Å². The van der Waals surface area contributed by atoms with Crippen LogP contribution in [-0.4, -0.2) is 89.2 Å². The number of allylic oxidation sites excluding steroid dienone is 17. The third-order valence-corrected chi connectivity index (χ3v) is 12.3. The molecular weight excluding hydrogens is 949 g/mol. The van der Waals surface area contributed by atoms with E-state index in [1.54, 1.807) is 6.08 Å². The highest BCUT2D eigenvalue weighted by Crippen LogP contribution is 2.26. The molecule has 0 aliphatic carbocycles. The molecule has 1 saturated heterocycles. The average Bonchev–Trinajstić information content (AvgIpc) is 3.39. The number of hydrogen-bond donors (Lipinski definition) is 3. The maximum absolute atomic E-state index is 13.1. The molecule has 12 heteroatoms. The van der Waals surface area contributed by atoms with Gasteiger partial charge in [-0.1, -0.05) is 201 Å². The molecule has 424 valence electrons. The van der Waals surface area contributed by atoms with Gasteiger partial charge in [0.2, 0.25) is 0 Å². The van der Waals surface area contributed by atoms with Gasteiger partial charge in [0.1, 0.15) is 18.8 Å². The Morgan fingerprint density at radius 2 is 0.880 bits per heavy atom. The lowest BCUT2D eigenvalue weighted by Crippen LogP contribution is -2.61. The molecule has 75 heavy (non-hydrogen) atoms. The molecule has 0 aromatic heterocycles. The van der Waals surface area contributed by atoms with E-state index in [2.05, 4.69) is 112 Å². The first-order chi connectivity index (χ1) is 36.6. The van der Waals surface area contributed by atoms with Crippen LogP contribution in [0.25, 0.3) is 0 Å². The average molecular weight is 1050 g/mol. The molecule has 1 fully saturated rings. The molecule has 0 saturated carbocycles.